The highest BCUT2D eigenvalue weighted by atomic mass is 16.6. The molecule has 0 saturated carbocycles. The number of carbonyl (C=O) groups is 4. The van der Waals surface area contributed by atoms with Crippen molar-refractivity contribution in [1.29, 1.82) is 0 Å². The van der Waals surface area contributed by atoms with Crippen LogP contribution in [0.5, 0.6) is 0 Å². The van der Waals surface area contributed by atoms with E-state index in [0.717, 1.165) is 0 Å². The van der Waals surface area contributed by atoms with Gasteiger partial charge in [0.1, 0.15) is 18.3 Å². The number of rotatable bonds is 6. The first kappa shape index (κ1) is 27.9. The molecule has 0 spiro atoms. The highest BCUT2D eigenvalue weighted by molar-refractivity contribution is 5.84. The minimum Gasteiger partial charge on any atom is -0.462 e. The van der Waals surface area contributed by atoms with Gasteiger partial charge in [0.2, 0.25) is 12.2 Å². The Morgan fingerprint density at radius 3 is 2.06 bits per heavy atom. The van der Waals surface area contributed by atoms with Crippen LogP contribution in [0.4, 0.5) is 0 Å². The molecule has 2 saturated heterocycles. The smallest absolute Gasteiger partial charge is 0.351 e. The highest BCUT2D eigenvalue weighted by Crippen LogP contribution is 2.32. The molecule has 0 amide bonds. The molecular weight excluding hydrogens is 420 g/mol. The van der Waals surface area contributed by atoms with Gasteiger partial charge in [-0.1, -0.05) is 34.6 Å². The minimum atomic E-state index is -1.22. The van der Waals surface area contributed by atoms with Crippen LogP contribution < -0.4 is 0 Å². The second-order valence-electron chi connectivity index (χ2n) is 10.3. The van der Waals surface area contributed by atoms with Crippen LogP contribution in [0.25, 0.3) is 0 Å². The normalized spacial score (nSPS) is 26.9. The zero-order chi connectivity index (χ0) is 25.1. The number of cyclic esters (lactones) is 2. The molecule has 0 bridgehead atoms. The highest BCUT2D eigenvalue weighted by Gasteiger charge is 2.52. The summed E-state index contributed by atoms with van der Waals surface area (Å²) in [4.78, 5) is 46.2. The van der Waals surface area contributed by atoms with Crippen LogP contribution in [-0.2, 0) is 38.1 Å². The number of esters is 4. The molecule has 9 nitrogen and oxygen atoms in total. The van der Waals surface area contributed by atoms with E-state index >= 15 is 0 Å². The molecule has 2 fully saturated rings. The van der Waals surface area contributed by atoms with Crippen molar-refractivity contribution < 1.29 is 43.2 Å². The first-order valence-corrected chi connectivity index (χ1v) is 11.0. The second kappa shape index (κ2) is 10.2. The lowest BCUT2D eigenvalue weighted by atomic mass is 9.89. The molecule has 32 heavy (non-hydrogen) atoms. The Kier molecular flexibility index (Phi) is 8.87. The van der Waals surface area contributed by atoms with E-state index in [1.165, 1.54) is 0 Å². The van der Waals surface area contributed by atoms with Gasteiger partial charge in [-0.15, -0.1) is 0 Å². The molecule has 0 aromatic rings. The predicted octanol–water partition coefficient (Wildman–Crippen LogP) is 2.56. The van der Waals surface area contributed by atoms with E-state index in [0.29, 0.717) is 19.4 Å². The first-order chi connectivity index (χ1) is 14.5. The summed E-state index contributed by atoms with van der Waals surface area (Å²) in [6.07, 6.45) is -1.80. The molecule has 1 N–H and O–H groups in total. The van der Waals surface area contributed by atoms with Crippen molar-refractivity contribution in [2.45, 2.75) is 99.1 Å². The van der Waals surface area contributed by atoms with Gasteiger partial charge < -0.3 is 24.1 Å². The fourth-order valence-corrected chi connectivity index (χ4v) is 2.74. The number of hydrogen-bond acceptors (Lipinski definition) is 9. The predicted molar refractivity (Wildman–Crippen MR) is 114 cm³/mol. The maximum atomic E-state index is 11.8. The Hall–Kier alpha value is -2.16. The van der Waals surface area contributed by atoms with Gasteiger partial charge in [-0.2, -0.15) is 0 Å². The molecule has 2 aliphatic heterocycles. The molecule has 0 aromatic carbocycles. The number of aliphatic hydroxyl groups excluding tert-OH is 1. The van der Waals surface area contributed by atoms with Gasteiger partial charge in [0.15, 0.2) is 0 Å². The summed E-state index contributed by atoms with van der Waals surface area (Å²) in [6, 6.07) is 0. The Bertz CT molecular complexity index is 723. The summed E-state index contributed by atoms with van der Waals surface area (Å²) in [7, 11) is 0. The van der Waals surface area contributed by atoms with Crippen LogP contribution in [0.15, 0.2) is 0 Å². The lowest BCUT2D eigenvalue weighted by molar-refractivity contribution is -0.170. The summed E-state index contributed by atoms with van der Waals surface area (Å²) in [5, 5.41) is 9.85. The van der Waals surface area contributed by atoms with E-state index in [4.69, 9.17) is 18.9 Å². The van der Waals surface area contributed by atoms with Crippen LogP contribution in [0.1, 0.15) is 75.2 Å². The summed E-state index contributed by atoms with van der Waals surface area (Å²) in [5.41, 5.74) is -2.11. The molecule has 4 atom stereocenters. The van der Waals surface area contributed by atoms with Crippen LogP contribution in [-0.4, -0.2) is 59.5 Å². The van der Waals surface area contributed by atoms with Crippen molar-refractivity contribution in [3.05, 3.63) is 0 Å². The van der Waals surface area contributed by atoms with Crippen molar-refractivity contribution in [1.82, 2.24) is 0 Å². The zero-order valence-corrected chi connectivity index (χ0v) is 20.6. The SMILES string of the molecule is CCC(C)(C)C(=O)OC1C(=O)OC(C)(C)C1O.CCC(C)C(=O)OC1C(=O)OCC1(C)C. The monoisotopic (exact) mass is 458 g/mol. The summed E-state index contributed by atoms with van der Waals surface area (Å²) >= 11 is 0. The van der Waals surface area contributed by atoms with E-state index < -0.39 is 52.7 Å². The first-order valence-electron chi connectivity index (χ1n) is 11.0. The van der Waals surface area contributed by atoms with Crippen molar-refractivity contribution in [2.75, 3.05) is 6.61 Å². The number of carbonyl (C=O) groups excluding carboxylic acids is 4. The third kappa shape index (κ3) is 6.43. The Labute approximate surface area is 190 Å². The minimum absolute atomic E-state index is 0.172. The average molecular weight is 459 g/mol. The molecule has 0 aliphatic carbocycles. The van der Waals surface area contributed by atoms with E-state index in [2.05, 4.69) is 0 Å². The fourth-order valence-electron chi connectivity index (χ4n) is 2.74. The van der Waals surface area contributed by atoms with Crippen LogP contribution in [0.3, 0.4) is 0 Å². The molecular formula is C23H38O9. The molecule has 184 valence electrons. The summed E-state index contributed by atoms with van der Waals surface area (Å²) < 4.78 is 20.1. The quantitative estimate of drug-likeness (QED) is 0.472. The summed E-state index contributed by atoms with van der Waals surface area (Å²) in [6.45, 7) is 16.2. The number of aliphatic hydroxyl groups is 1. The topological polar surface area (TPSA) is 125 Å². The standard InChI is InChI=1S/C12H20O5.C11H18O4/c1-6-11(2,3)10(15)16-7-8(13)12(4,5)17-9(7)14;1-5-7(2)9(12)15-8-10(13)14-6-11(8,3)4/h7-8,13H,6H2,1-5H3;7-8H,5-6H2,1-4H3. The van der Waals surface area contributed by atoms with Crippen molar-refractivity contribution in [3.63, 3.8) is 0 Å². The Morgan fingerprint density at radius 1 is 1.12 bits per heavy atom. The van der Waals surface area contributed by atoms with Gasteiger partial charge in [0.25, 0.3) is 0 Å². The van der Waals surface area contributed by atoms with E-state index in [1.54, 1.807) is 34.6 Å². The van der Waals surface area contributed by atoms with Crippen molar-refractivity contribution >= 4 is 23.9 Å². The fraction of sp³-hybridized carbons (Fsp3) is 0.826. The van der Waals surface area contributed by atoms with Gasteiger partial charge in [-0.25, -0.2) is 9.59 Å². The van der Waals surface area contributed by atoms with Crippen molar-refractivity contribution in [2.24, 2.45) is 16.7 Å². The van der Waals surface area contributed by atoms with Crippen LogP contribution >= 0.6 is 0 Å². The lowest BCUT2D eigenvalue weighted by Crippen LogP contribution is -2.42. The Balaban J connectivity index is 0.000000323. The van der Waals surface area contributed by atoms with Crippen molar-refractivity contribution in [3.8, 4) is 0 Å². The third-order valence-electron chi connectivity index (χ3n) is 6.02. The van der Waals surface area contributed by atoms with Crippen LogP contribution in [0, 0.1) is 16.7 Å². The molecule has 0 aromatic heterocycles. The van der Waals surface area contributed by atoms with E-state index in [-0.39, 0.29) is 11.9 Å². The maximum Gasteiger partial charge on any atom is 0.351 e. The van der Waals surface area contributed by atoms with E-state index in [1.807, 2.05) is 27.7 Å². The van der Waals surface area contributed by atoms with E-state index in [9.17, 15) is 24.3 Å². The van der Waals surface area contributed by atoms with Crippen LogP contribution in [0.2, 0.25) is 0 Å². The number of hydrogen-bond donors (Lipinski definition) is 1. The van der Waals surface area contributed by atoms with Gasteiger partial charge in [-0.05, 0) is 40.5 Å². The largest absolute Gasteiger partial charge is 0.462 e. The second-order valence-corrected chi connectivity index (χ2v) is 10.3. The third-order valence-corrected chi connectivity index (χ3v) is 6.02. The van der Waals surface area contributed by atoms with Gasteiger partial charge in [0, 0.05) is 5.41 Å². The molecule has 0 radical (unpaired) electrons. The summed E-state index contributed by atoms with van der Waals surface area (Å²) in [5.74, 6) is -2.12. The van der Waals surface area contributed by atoms with Gasteiger partial charge in [-0.3, -0.25) is 9.59 Å². The molecule has 2 heterocycles. The Morgan fingerprint density at radius 2 is 1.69 bits per heavy atom. The zero-order valence-electron chi connectivity index (χ0n) is 20.6. The average Bonchev–Trinajstić information content (AvgIpc) is 3.07. The van der Waals surface area contributed by atoms with Gasteiger partial charge in [0.05, 0.1) is 11.3 Å². The number of ether oxygens (including phenoxy) is 4. The lowest BCUT2D eigenvalue weighted by Gasteiger charge is -2.24. The van der Waals surface area contributed by atoms with Gasteiger partial charge >= 0.3 is 23.9 Å². The molecule has 4 unspecified atom stereocenters. The maximum absolute atomic E-state index is 11.8. The molecule has 9 heteroatoms. The molecule has 2 rings (SSSR count). The molecule has 2 aliphatic rings.